The van der Waals surface area contributed by atoms with Gasteiger partial charge < -0.3 is 13.7 Å². The molecule has 0 aliphatic rings. The minimum atomic E-state index is -2.91. The minimum Gasteiger partial charge on any atom is -0.409 e. The predicted octanol–water partition coefficient (Wildman–Crippen LogP) is 2.14. The van der Waals surface area contributed by atoms with Crippen molar-refractivity contribution in [1.29, 1.82) is 0 Å². The minimum absolute atomic E-state index is 0.573. The molecule has 0 aromatic heterocycles. The van der Waals surface area contributed by atoms with Crippen LogP contribution in [0.3, 0.4) is 0 Å². The Bertz CT molecular complexity index is 201. The average molecular weight is 246 g/mol. The molecule has 2 atom stereocenters. The third kappa shape index (κ3) is 4.90. The SMILES string of the molecule is C=C[Si](O)(CCC)O[Si](O)(C=C)CCC. The van der Waals surface area contributed by atoms with Crippen LogP contribution >= 0.6 is 0 Å². The van der Waals surface area contributed by atoms with E-state index >= 15 is 0 Å². The van der Waals surface area contributed by atoms with E-state index in [0.29, 0.717) is 12.1 Å². The summed E-state index contributed by atoms with van der Waals surface area (Å²) in [7, 11) is -5.83. The summed E-state index contributed by atoms with van der Waals surface area (Å²) in [6.07, 6.45) is 1.64. The summed E-state index contributed by atoms with van der Waals surface area (Å²) in [4.78, 5) is 20.3. The molecular formula is C10H22O3Si2. The van der Waals surface area contributed by atoms with Gasteiger partial charge in [-0.15, -0.1) is 13.2 Å². The molecule has 0 heterocycles. The van der Waals surface area contributed by atoms with Gasteiger partial charge in [-0.3, -0.25) is 0 Å². The van der Waals surface area contributed by atoms with Crippen LogP contribution < -0.4 is 0 Å². The molecule has 0 aliphatic heterocycles. The van der Waals surface area contributed by atoms with Crippen LogP contribution in [0.5, 0.6) is 0 Å². The molecule has 0 amide bonds. The molecule has 2 unspecified atom stereocenters. The Labute approximate surface area is 94.6 Å². The second-order valence-corrected chi connectivity index (χ2v) is 9.71. The van der Waals surface area contributed by atoms with Gasteiger partial charge in [0.1, 0.15) is 0 Å². The topological polar surface area (TPSA) is 49.7 Å². The maximum absolute atomic E-state index is 10.1. The van der Waals surface area contributed by atoms with Gasteiger partial charge in [0.2, 0.25) is 0 Å². The molecule has 0 saturated carbocycles. The maximum Gasteiger partial charge on any atom is 0.353 e. The fraction of sp³-hybridized carbons (Fsp3) is 0.600. The lowest BCUT2D eigenvalue weighted by molar-refractivity contribution is 0.316. The molecular weight excluding hydrogens is 224 g/mol. The van der Waals surface area contributed by atoms with E-state index in [1.165, 1.54) is 11.4 Å². The van der Waals surface area contributed by atoms with Crippen molar-refractivity contribution < 1.29 is 13.7 Å². The smallest absolute Gasteiger partial charge is 0.353 e. The van der Waals surface area contributed by atoms with Crippen LogP contribution in [-0.2, 0) is 4.12 Å². The van der Waals surface area contributed by atoms with Crippen LogP contribution in [0.25, 0.3) is 0 Å². The fourth-order valence-corrected chi connectivity index (χ4v) is 7.18. The zero-order chi connectivity index (χ0) is 11.9. The van der Waals surface area contributed by atoms with Gasteiger partial charge in [-0.05, 0) is 12.1 Å². The molecule has 88 valence electrons. The molecule has 0 rings (SSSR count). The Morgan fingerprint density at radius 1 is 1.00 bits per heavy atom. The van der Waals surface area contributed by atoms with Crippen molar-refractivity contribution in [3.8, 4) is 0 Å². The fourth-order valence-electron chi connectivity index (χ4n) is 1.41. The lowest BCUT2D eigenvalue weighted by Gasteiger charge is -2.30. The van der Waals surface area contributed by atoms with Crippen molar-refractivity contribution in [3.05, 3.63) is 24.6 Å². The highest BCUT2D eigenvalue weighted by Crippen LogP contribution is 2.21. The standard InChI is InChI=1S/C10H22O3Si2/c1-5-9-14(11,7-3)13-15(12,8-4)10-6-2/h7-8,11-12H,3-6,9-10H2,1-2H3. The molecule has 3 nitrogen and oxygen atoms in total. The first-order chi connectivity index (χ1) is 6.95. The van der Waals surface area contributed by atoms with Crippen molar-refractivity contribution in [3.63, 3.8) is 0 Å². The Morgan fingerprint density at radius 2 is 1.33 bits per heavy atom. The molecule has 0 aromatic rings. The molecule has 2 N–H and O–H groups in total. The van der Waals surface area contributed by atoms with Crippen LogP contribution in [0.1, 0.15) is 26.7 Å². The van der Waals surface area contributed by atoms with Gasteiger partial charge in [0.25, 0.3) is 0 Å². The van der Waals surface area contributed by atoms with Crippen molar-refractivity contribution >= 4 is 17.1 Å². The Balaban J connectivity index is 4.61. The molecule has 0 saturated heterocycles. The van der Waals surface area contributed by atoms with Gasteiger partial charge >= 0.3 is 17.1 Å². The summed E-state index contributed by atoms with van der Waals surface area (Å²) in [6, 6.07) is 1.15. The number of hydrogen-bond acceptors (Lipinski definition) is 3. The van der Waals surface area contributed by atoms with E-state index in [1.54, 1.807) is 0 Å². The Morgan fingerprint density at radius 3 is 1.53 bits per heavy atom. The van der Waals surface area contributed by atoms with E-state index in [9.17, 15) is 9.59 Å². The summed E-state index contributed by atoms with van der Waals surface area (Å²) in [5.41, 5.74) is 2.96. The first-order valence-electron chi connectivity index (χ1n) is 5.37. The zero-order valence-electron chi connectivity index (χ0n) is 9.70. The second kappa shape index (κ2) is 6.39. The third-order valence-corrected chi connectivity index (χ3v) is 8.74. The first-order valence-corrected chi connectivity index (χ1v) is 9.65. The molecule has 0 radical (unpaired) electrons. The molecule has 5 heteroatoms. The molecule has 0 aromatic carbocycles. The number of hydrogen-bond donors (Lipinski definition) is 2. The van der Waals surface area contributed by atoms with Crippen LogP contribution in [-0.4, -0.2) is 26.7 Å². The molecule has 0 fully saturated rings. The highest BCUT2D eigenvalue weighted by Gasteiger charge is 2.40. The average Bonchev–Trinajstić information content (AvgIpc) is 2.18. The first kappa shape index (κ1) is 14.8. The van der Waals surface area contributed by atoms with Crippen molar-refractivity contribution in [1.82, 2.24) is 0 Å². The predicted molar refractivity (Wildman–Crippen MR) is 67.6 cm³/mol. The van der Waals surface area contributed by atoms with Crippen molar-refractivity contribution in [2.24, 2.45) is 0 Å². The summed E-state index contributed by atoms with van der Waals surface area (Å²) >= 11 is 0. The largest absolute Gasteiger partial charge is 0.409 e. The van der Waals surface area contributed by atoms with Crippen LogP contribution in [0.15, 0.2) is 24.6 Å². The summed E-state index contributed by atoms with van der Waals surface area (Å²) in [5.74, 6) is 0. The quantitative estimate of drug-likeness (QED) is 0.645. The maximum atomic E-state index is 10.1. The van der Waals surface area contributed by atoms with Gasteiger partial charge in [0.15, 0.2) is 0 Å². The van der Waals surface area contributed by atoms with Crippen molar-refractivity contribution in [2.45, 2.75) is 38.8 Å². The molecule has 0 aliphatic carbocycles. The van der Waals surface area contributed by atoms with E-state index in [1.807, 2.05) is 13.8 Å². The van der Waals surface area contributed by atoms with E-state index in [4.69, 9.17) is 4.12 Å². The Hall–Kier alpha value is -0.206. The molecule has 0 spiro atoms. The van der Waals surface area contributed by atoms with E-state index < -0.39 is 17.1 Å². The lowest BCUT2D eigenvalue weighted by Crippen LogP contribution is -2.50. The Kier molecular flexibility index (Phi) is 6.30. The van der Waals surface area contributed by atoms with Gasteiger partial charge in [-0.2, -0.15) is 0 Å². The second-order valence-electron chi connectivity index (χ2n) is 3.70. The molecule has 0 bridgehead atoms. The highest BCUT2D eigenvalue weighted by atomic mass is 28.5. The normalized spacial score (nSPS) is 18.9. The lowest BCUT2D eigenvalue weighted by atomic mass is 10.6. The monoisotopic (exact) mass is 246 g/mol. The van der Waals surface area contributed by atoms with Gasteiger partial charge in [-0.25, -0.2) is 0 Å². The highest BCUT2D eigenvalue weighted by molar-refractivity contribution is 6.84. The number of rotatable bonds is 8. The van der Waals surface area contributed by atoms with Crippen molar-refractivity contribution in [2.75, 3.05) is 0 Å². The van der Waals surface area contributed by atoms with E-state index in [2.05, 4.69) is 13.2 Å². The van der Waals surface area contributed by atoms with Gasteiger partial charge in [0, 0.05) is 0 Å². The van der Waals surface area contributed by atoms with Crippen LogP contribution in [0.4, 0.5) is 0 Å². The van der Waals surface area contributed by atoms with E-state index in [-0.39, 0.29) is 0 Å². The zero-order valence-corrected chi connectivity index (χ0v) is 11.7. The summed E-state index contributed by atoms with van der Waals surface area (Å²) in [6.45, 7) is 11.1. The van der Waals surface area contributed by atoms with Gasteiger partial charge in [0.05, 0.1) is 0 Å². The molecule has 15 heavy (non-hydrogen) atoms. The van der Waals surface area contributed by atoms with Gasteiger partial charge in [-0.1, -0.05) is 38.1 Å². The van der Waals surface area contributed by atoms with E-state index in [0.717, 1.165) is 12.8 Å². The summed E-state index contributed by atoms with van der Waals surface area (Å²) in [5, 5.41) is 0. The van der Waals surface area contributed by atoms with Crippen LogP contribution in [0, 0.1) is 0 Å². The third-order valence-electron chi connectivity index (χ3n) is 2.21. The summed E-state index contributed by atoms with van der Waals surface area (Å²) < 4.78 is 5.56. The van der Waals surface area contributed by atoms with Crippen LogP contribution in [0.2, 0.25) is 12.1 Å².